The normalized spacial score (nSPS) is 9.65. The summed E-state index contributed by atoms with van der Waals surface area (Å²) in [5, 5.41) is 15.0. The Labute approximate surface area is 117 Å². The van der Waals surface area contributed by atoms with Gasteiger partial charge in [0.05, 0.1) is 29.2 Å². The topological polar surface area (TPSA) is 77.8 Å². The lowest BCUT2D eigenvalue weighted by atomic mass is 10.0. The van der Waals surface area contributed by atoms with Gasteiger partial charge in [-0.1, -0.05) is 12.1 Å². The van der Waals surface area contributed by atoms with E-state index in [1.54, 1.807) is 50.6 Å². The number of carbonyl (C=O) groups is 1. The second kappa shape index (κ2) is 5.85. The lowest BCUT2D eigenvalue weighted by Gasteiger charge is -2.10. The molecule has 2 N–H and O–H groups in total. The number of hydrogen-bond acceptors (Lipinski definition) is 5. The van der Waals surface area contributed by atoms with Crippen LogP contribution in [0.1, 0.15) is 21.6 Å². The molecule has 5 heteroatoms. The van der Waals surface area contributed by atoms with Crippen LogP contribution in [0.3, 0.4) is 0 Å². The van der Waals surface area contributed by atoms with Gasteiger partial charge < -0.3 is 10.6 Å². The molecule has 0 saturated carbocycles. The Morgan fingerprint density at radius 2 is 2.00 bits per heavy atom. The van der Waals surface area contributed by atoms with Crippen LogP contribution in [0, 0.1) is 11.3 Å². The largest absolute Gasteiger partial charge is 0.387 e. The molecule has 0 radical (unpaired) electrons. The molecule has 0 aliphatic carbocycles. The summed E-state index contributed by atoms with van der Waals surface area (Å²) in [7, 11) is 3.51. The summed E-state index contributed by atoms with van der Waals surface area (Å²) >= 11 is 0. The van der Waals surface area contributed by atoms with Crippen LogP contribution in [0.2, 0.25) is 0 Å². The van der Waals surface area contributed by atoms with E-state index in [0.717, 1.165) is 5.69 Å². The van der Waals surface area contributed by atoms with Crippen molar-refractivity contribution in [3.05, 3.63) is 53.3 Å². The van der Waals surface area contributed by atoms with Gasteiger partial charge in [0.15, 0.2) is 0 Å². The van der Waals surface area contributed by atoms with E-state index in [1.807, 2.05) is 6.07 Å². The molecule has 0 saturated heterocycles. The molecule has 0 spiro atoms. The Hall–Kier alpha value is -2.87. The molecule has 0 unspecified atom stereocenters. The van der Waals surface area contributed by atoms with E-state index in [0.29, 0.717) is 22.5 Å². The second-order valence-electron chi connectivity index (χ2n) is 4.11. The Morgan fingerprint density at radius 3 is 2.65 bits per heavy atom. The minimum Gasteiger partial charge on any atom is -0.387 e. The second-order valence-corrected chi connectivity index (χ2v) is 4.11. The molecule has 100 valence electrons. The lowest BCUT2D eigenvalue weighted by molar-refractivity contribution is 0.103. The average molecular weight is 266 g/mol. The fourth-order valence-electron chi connectivity index (χ4n) is 1.88. The number of hydrogen-bond donors (Lipinski definition) is 2. The van der Waals surface area contributed by atoms with Gasteiger partial charge >= 0.3 is 0 Å². The van der Waals surface area contributed by atoms with Crippen molar-refractivity contribution in [3.8, 4) is 6.07 Å². The Kier molecular flexibility index (Phi) is 3.96. The Morgan fingerprint density at radius 1 is 1.25 bits per heavy atom. The quantitative estimate of drug-likeness (QED) is 0.830. The highest BCUT2D eigenvalue weighted by Gasteiger charge is 2.18. The van der Waals surface area contributed by atoms with Crippen molar-refractivity contribution >= 4 is 17.2 Å². The molecular formula is C15H14N4O. The summed E-state index contributed by atoms with van der Waals surface area (Å²) in [6.07, 6.45) is 1.59. The zero-order valence-electron chi connectivity index (χ0n) is 11.3. The van der Waals surface area contributed by atoms with Crippen LogP contribution in [0.4, 0.5) is 11.4 Å². The summed E-state index contributed by atoms with van der Waals surface area (Å²) in [4.78, 5) is 16.7. The number of rotatable bonds is 4. The molecule has 5 nitrogen and oxygen atoms in total. The van der Waals surface area contributed by atoms with E-state index < -0.39 is 0 Å². The summed E-state index contributed by atoms with van der Waals surface area (Å²) < 4.78 is 0. The van der Waals surface area contributed by atoms with Gasteiger partial charge in [0, 0.05) is 19.7 Å². The van der Waals surface area contributed by atoms with Gasteiger partial charge in [-0.15, -0.1) is 0 Å². The van der Waals surface area contributed by atoms with Gasteiger partial charge in [-0.2, -0.15) is 5.26 Å². The van der Waals surface area contributed by atoms with Crippen LogP contribution >= 0.6 is 0 Å². The predicted octanol–water partition coefficient (Wildman–Crippen LogP) is 2.27. The van der Waals surface area contributed by atoms with E-state index in [-0.39, 0.29) is 5.78 Å². The number of anilines is 2. The van der Waals surface area contributed by atoms with E-state index in [2.05, 4.69) is 15.6 Å². The first-order valence-corrected chi connectivity index (χ1v) is 6.10. The summed E-state index contributed by atoms with van der Waals surface area (Å²) in [6, 6.07) is 10.5. The molecule has 0 bridgehead atoms. The molecule has 2 aromatic rings. The van der Waals surface area contributed by atoms with Crippen LogP contribution in [-0.4, -0.2) is 24.9 Å². The molecule has 0 aliphatic rings. The standard InChI is InChI=1S/C15H14N4O/c1-17-11-7-13(18-2)14(19-9-11)15(20)12-6-4-3-5-10(12)8-16/h3-7,9,17-18H,1-2H3. The molecule has 20 heavy (non-hydrogen) atoms. The minimum absolute atomic E-state index is 0.269. The summed E-state index contributed by atoms with van der Waals surface area (Å²) in [5.74, 6) is -0.269. The van der Waals surface area contributed by atoms with E-state index in [1.165, 1.54) is 0 Å². The van der Waals surface area contributed by atoms with Gasteiger partial charge in [-0.05, 0) is 18.2 Å². The number of pyridine rings is 1. The predicted molar refractivity (Wildman–Crippen MR) is 77.9 cm³/mol. The Balaban J connectivity index is 2.51. The van der Waals surface area contributed by atoms with Crippen molar-refractivity contribution in [2.45, 2.75) is 0 Å². The maximum absolute atomic E-state index is 12.5. The average Bonchev–Trinajstić information content (AvgIpc) is 2.53. The zero-order chi connectivity index (χ0) is 14.5. The molecule has 2 rings (SSSR count). The van der Waals surface area contributed by atoms with Crippen molar-refractivity contribution in [2.75, 3.05) is 24.7 Å². The van der Waals surface area contributed by atoms with Crippen molar-refractivity contribution in [3.63, 3.8) is 0 Å². The number of carbonyl (C=O) groups excluding carboxylic acids is 1. The Bertz CT molecular complexity index is 689. The van der Waals surface area contributed by atoms with E-state index in [4.69, 9.17) is 5.26 Å². The number of nitriles is 1. The zero-order valence-corrected chi connectivity index (χ0v) is 11.3. The first-order valence-electron chi connectivity index (χ1n) is 6.10. The molecule has 0 atom stereocenters. The maximum Gasteiger partial charge on any atom is 0.214 e. The highest BCUT2D eigenvalue weighted by atomic mass is 16.1. The van der Waals surface area contributed by atoms with Crippen molar-refractivity contribution in [2.24, 2.45) is 0 Å². The summed E-state index contributed by atoms with van der Waals surface area (Å²) in [6.45, 7) is 0. The molecule has 0 aliphatic heterocycles. The van der Waals surface area contributed by atoms with Gasteiger partial charge in [-0.25, -0.2) is 4.98 Å². The number of benzene rings is 1. The third-order valence-electron chi connectivity index (χ3n) is 2.95. The number of nitrogens with zero attached hydrogens (tertiary/aromatic N) is 2. The molecular weight excluding hydrogens is 252 g/mol. The number of ketones is 1. The third-order valence-corrected chi connectivity index (χ3v) is 2.95. The lowest BCUT2D eigenvalue weighted by Crippen LogP contribution is -2.10. The highest BCUT2D eigenvalue weighted by Crippen LogP contribution is 2.22. The fourth-order valence-corrected chi connectivity index (χ4v) is 1.88. The van der Waals surface area contributed by atoms with Gasteiger partial charge in [0.2, 0.25) is 5.78 Å². The third kappa shape index (κ3) is 2.45. The smallest absolute Gasteiger partial charge is 0.214 e. The molecule has 0 fully saturated rings. The van der Waals surface area contributed by atoms with E-state index >= 15 is 0 Å². The van der Waals surface area contributed by atoms with Crippen molar-refractivity contribution in [1.82, 2.24) is 4.98 Å². The minimum atomic E-state index is -0.269. The van der Waals surface area contributed by atoms with Crippen LogP contribution in [-0.2, 0) is 0 Å². The fraction of sp³-hybridized carbons (Fsp3) is 0.133. The number of aromatic nitrogens is 1. The molecule has 0 amide bonds. The van der Waals surface area contributed by atoms with Crippen molar-refractivity contribution < 1.29 is 4.79 Å². The molecule has 1 aromatic heterocycles. The highest BCUT2D eigenvalue weighted by molar-refractivity contribution is 6.12. The van der Waals surface area contributed by atoms with Gasteiger partial charge in [-0.3, -0.25) is 4.79 Å². The van der Waals surface area contributed by atoms with Gasteiger partial charge in [0.25, 0.3) is 0 Å². The van der Waals surface area contributed by atoms with E-state index in [9.17, 15) is 4.79 Å². The first kappa shape index (κ1) is 13.6. The van der Waals surface area contributed by atoms with Crippen LogP contribution in [0.5, 0.6) is 0 Å². The molecule has 1 aromatic carbocycles. The van der Waals surface area contributed by atoms with Crippen LogP contribution < -0.4 is 10.6 Å². The monoisotopic (exact) mass is 266 g/mol. The van der Waals surface area contributed by atoms with Gasteiger partial charge in [0.1, 0.15) is 5.69 Å². The SMILES string of the molecule is CNc1cnc(C(=O)c2ccccc2C#N)c(NC)c1. The van der Waals surface area contributed by atoms with Crippen LogP contribution in [0.15, 0.2) is 36.5 Å². The van der Waals surface area contributed by atoms with Crippen LogP contribution in [0.25, 0.3) is 0 Å². The maximum atomic E-state index is 12.5. The number of nitrogens with one attached hydrogen (secondary N) is 2. The van der Waals surface area contributed by atoms with Crippen molar-refractivity contribution in [1.29, 1.82) is 5.26 Å². The molecule has 1 heterocycles. The first-order chi connectivity index (χ1) is 9.71. The summed E-state index contributed by atoms with van der Waals surface area (Å²) in [5.41, 5.74) is 2.43.